The molecule has 1 aliphatic rings. The zero-order chi connectivity index (χ0) is 11.4. The molecule has 88 valence electrons. The van der Waals surface area contributed by atoms with Crippen molar-refractivity contribution in [2.75, 3.05) is 11.1 Å². The highest BCUT2D eigenvalue weighted by atomic mass is 79.9. The Bertz CT molecular complexity index is 333. The first-order valence-corrected chi connectivity index (χ1v) is 8.44. The summed E-state index contributed by atoms with van der Waals surface area (Å²) in [6, 6.07) is 4.15. The van der Waals surface area contributed by atoms with Crippen LogP contribution in [-0.4, -0.2) is 16.1 Å². The maximum absolute atomic E-state index is 4.41. The van der Waals surface area contributed by atoms with Gasteiger partial charge in [-0.05, 0) is 46.3 Å². The average Bonchev–Trinajstić information content (AvgIpc) is 2.78. The molecule has 1 fully saturated rings. The molecule has 0 bridgehead atoms. The van der Waals surface area contributed by atoms with Gasteiger partial charge in [-0.25, -0.2) is 4.98 Å². The normalized spacial score (nSPS) is 18.9. The first-order chi connectivity index (χ1) is 7.74. The van der Waals surface area contributed by atoms with Crippen LogP contribution in [0.3, 0.4) is 0 Å². The van der Waals surface area contributed by atoms with E-state index in [0.717, 1.165) is 14.8 Å². The van der Waals surface area contributed by atoms with Gasteiger partial charge in [0.05, 0.1) is 5.03 Å². The van der Waals surface area contributed by atoms with Crippen LogP contribution in [0, 0.1) is 5.41 Å². The quantitative estimate of drug-likeness (QED) is 0.557. The molecule has 1 aromatic heterocycles. The summed E-state index contributed by atoms with van der Waals surface area (Å²) in [7, 11) is 0. The van der Waals surface area contributed by atoms with E-state index in [4.69, 9.17) is 0 Å². The van der Waals surface area contributed by atoms with E-state index < -0.39 is 0 Å². The summed E-state index contributed by atoms with van der Waals surface area (Å²) in [5.41, 5.74) is 0.513. The van der Waals surface area contributed by atoms with E-state index in [1.54, 1.807) is 0 Å². The van der Waals surface area contributed by atoms with E-state index in [2.05, 4.69) is 49.0 Å². The molecule has 1 aliphatic carbocycles. The molecule has 0 atom stereocenters. The molecule has 1 saturated carbocycles. The lowest BCUT2D eigenvalue weighted by molar-refractivity contribution is 0.405. The minimum Gasteiger partial charge on any atom is -0.249 e. The fourth-order valence-electron chi connectivity index (χ4n) is 2.12. The van der Waals surface area contributed by atoms with Crippen LogP contribution < -0.4 is 0 Å². The summed E-state index contributed by atoms with van der Waals surface area (Å²) < 4.78 is 1.05. The van der Waals surface area contributed by atoms with Crippen molar-refractivity contribution in [2.24, 2.45) is 5.41 Å². The molecule has 0 aliphatic heterocycles. The monoisotopic (exact) mass is 363 g/mol. The van der Waals surface area contributed by atoms with E-state index in [1.165, 1.54) is 31.4 Å². The molecule has 1 nitrogen and oxygen atoms in total. The van der Waals surface area contributed by atoms with Gasteiger partial charge in [0.25, 0.3) is 0 Å². The number of halogens is 2. The lowest BCUT2D eigenvalue weighted by Gasteiger charge is -2.25. The Morgan fingerprint density at radius 2 is 2.06 bits per heavy atom. The van der Waals surface area contributed by atoms with Gasteiger partial charge in [0.2, 0.25) is 0 Å². The molecule has 16 heavy (non-hydrogen) atoms. The Kier molecular flexibility index (Phi) is 4.74. The van der Waals surface area contributed by atoms with Crippen LogP contribution in [0.2, 0.25) is 0 Å². The molecule has 0 amide bonds. The van der Waals surface area contributed by atoms with Gasteiger partial charge in [-0.2, -0.15) is 0 Å². The Labute approximate surface area is 118 Å². The number of nitrogens with zero attached hydrogens (tertiary/aromatic N) is 1. The molecular weight excluding hydrogens is 350 g/mol. The van der Waals surface area contributed by atoms with Gasteiger partial charge in [-0.15, -0.1) is 11.8 Å². The first-order valence-electron chi connectivity index (χ1n) is 5.54. The number of aromatic nitrogens is 1. The molecule has 0 saturated heterocycles. The third-order valence-corrected chi connectivity index (χ3v) is 6.13. The smallest absolute Gasteiger partial charge is 0.0960 e. The van der Waals surface area contributed by atoms with Crippen LogP contribution in [-0.2, 0) is 0 Å². The standard InChI is InChI=1S/C12H15Br2NS/c13-8-12(5-1-2-6-12)9-16-11-4-3-10(14)7-15-11/h3-4,7H,1-2,5-6,8-9H2. The van der Waals surface area contributed by atoms with Gasteiger partial charge in [0.1, 0.15) is 0 Å². The molecular formula is C12H15Br2NS. The van der Waals surface area contributed by atoms with E-state index in [-0.39, 0.29) is 0 Å². The number of rotatable bonds is 4. The lowest BCUT2D eigenvalue weighted by Crippen LogP contribution is -2.21. The second-order valence-corrected chi connectivity index (χ2v) is 6.92. The predicted molar refractivity (Wildman–Crippen MR) is 77.4 cm³/mol. The number of hydrogen-bond acceptors (Lipinski definition) is 2. The molecule has 1 aromatic rings. The maximum atomic E-state index is 4.41. The largest absolute Gasteiger partial charge is 0.249 e. The topological polar surface area (TPSA) is 12.9 Å². The van der Waals surface area contributed by atoms with Crippen molar-refractivity contribution in [3.63, 3.8) is 0 Å². The predicted octanol–water partition coefficient (Wildman–Crippen LogP) is 4.89. The molecule has 4 heteroatoms. The minimum atomic E-state index is 0.513. The highest BCUT2D eigenvalue weighted by molar-refractivity contribution is 9.10. The Morgan fingerprint density at radius 1 is 1.31 bits per heavy atom. The lowest BCUT2D eigenvalue weighted by atomic mass is 9.92. The Balaban J connectivity index is 1.93. The van der Waals surface area contributed by atoms with Crippen molar-refractivity contribution in [1.82, 2.24) is 4.98 Å². The van der Waals surface area contributed by atoms with Crippen molar-refractivity contribution in [3.8, 4) is 0 Å². The fourth-order valence-corrected chi connectivity index (χ4v) is 4.51. The summed E-state index contributed by atoms with van der Waals surface area (Å²) in [6.45, 7) is 0. The van der Waals surface area contributed by atoms with Gasteiger partial charge >= 0.3 is 0 Å². The number of pyridine rings is 1. The summed E-state index contributed by atoms with van der Waals surface area (Å²) >= 11 is 8.97. The minimum absolute atomic E-state index is 0.513. The highest BCUT2D eigenvalue weighted by Crippen LogP contribution is 2.43. The van der Waals surface area contributed by atoms with Crippen LogP contribution in [0.4, 0.5) is 0 Å². The molecule has 0 N–H and O–H groups in total. The zero-order valence-electron chi connectivity index (χ0n) is 9.09. The van der Waals surface area contributed by atoms with Gasteiger partial charge in [0, 0.05) is 21.8 Å². The van der Waals surface area contributed by atoms with Crippen molar-refractivity contribution in [2.45, 2.75) is 30.7 Å². The highest BCUT2D eigenvalue weighted by Gasteiger charge is 2.32. The van der Waals surface area contributed by atoms with Crippen LogP contribution in [0.15, 0.2) is 27.8 Å². The van der Waals surface area contributed by atoms with E-state index in [9.17, 15) is 0 Å². The van der Waals surface area contributed by atoms with Crippen molar-refractivity contribution in [3.05, 3.63) is 22.8 Å². The molecule has 0 radical (unpaired) electrons. The second kappa shape index (κ2) is 5.87. The van der Waals surface area contributed by atoms with Crippen molar-refractivity contribution < 1.29 is 0 Å². The number of hydrogen-bond donors (Lipinski definition) is 0. The third-order valence-electron chi connectivity index (χ3n) is 3.17. The Hall–Kier alpha value is 0.460. The number of alkyl halides is 1. The summed E-state index contributed by atoms with van der Waals surface area (Å²) in [5, 5.41) is 2.26. The molecule has 0 unspecified atom stereocenters. The first kappa shape index (κ1) is 12.9. The Morgan fingerprint density at radius 3 is 2.62 bits per heavy atom. The van der Waals surface area contributed by atoms with Crippen LogP contribution in [0.25, 0.3) is 0 Å². The van der Waals surface area contributed by atoms with Crippen LogP contribution in [0.1, 0.15) is 25.7 Å². The molecule has 1 heterocycles. The van der Waals surface area contributed by atoms with Gasteiger partial charge in [-0.3, -0.25) is 0 Å². The van der Waals surface area contributed by atoms with E-state index in [0.29, 0.717) is 5.41 Å². The molecule has 0 aromatic carbocycles. The summed E-state index contributed by atoms with van der Waals surface area (Å²) in [5.74, 6) is 1.19. The molecule has 2 rings (SSSR count). The van der Waals surface area contributed by atoms with Crippen LogP contribution in [0.5, 0.6) is 0 Å². The zero-order valence-corrected chi connectivity index (χ0v) is 13.1. The third kappa shape index (κ3) is 3.23. The van der Waals surface area contributed by atoms with Crippen LogP contribution >= 0.6 is 43.6 Å². The van der Waals surface area contributed by atoms with Gasteiger partial charge in [0.15, 0.2) is 0 Å². The van der Waals surface area contributed by atoms with Gasteiger partial charge < -0.3 is 0 Å². The maximum Gasteiger partial charge on any atom is 0.0960 e. The number of thioether (sulfide) groups is 1. The molecule has 0 spiro atoms. The average molecular weight is 365 g/mol. The summed E-state index contributed by atoms with van der Waals surface area (Å²) in [6.07, 6.45) is 7.38. The SMILES string of the molecule is BrCC1(CSc2ccc(Br)cn2)CCCC1. The van der Waals surface area contributed by atoms with E-state index in [1.807, 2.05) is 18.0 Å². The van der Waals surface area contributed by atoms with Crippen molar-refractivity contribution >= 4 is 43.6 Å². The van der Waals surface area contributed by atoms with Crippen molar-refractivity contribution in [1.29, 1.82) is 0 Å². The fraction of sp³-hybridized carbons (Fsp3) is 0.583. The van der Waals surface area contributed by atoms with E-state index >= 15 is 0 Å². The van der Waals surface area contributed by atoms with Gasteiger partial charge in [-0.1, -0.05) is 28.8 Å². The second-order valence-electron chi connectivity index (χ2n) is 4.44. The summed E-state index contributed by atoms with van der Waals surface area (Å²) in [4.78, 5) is 4.41.